The van der Waals surface area contributed by atoms with Crippen molar-refractivity contribution in [2.45, 2.75) is 39.4 Å². The Kier molecular flexibility index (Phi) is 4.91. The molecule has 0 spiro atoms. The average Bonchev–Trinajstić information content (AvgIpc) is 2.89. The van der Waals surface area contributed by atoms with E-state index in [1.807, 2.05) is 12.4 Å². The third-order valence-electron chi connectivity index (χ3n) is 6.05. The molecule has 2 aromatic heterocycles. The molecule has 29 heavy (non-hydrogen) atoms. The lowest BCUT2D eigenvalue weighted by atomic mass is 10.1. The first-order valence-electron chi connectivity index (χ1n) is 10.5. The number of hydrogen-bond donors (Lipinski definition) is 0. The molecule has 4 aromatic rings. The molecule has 3 heterocycles. The third kappa shape index (κ3) is 3.70. The van der Waals surface area contributed by atoms with Gasteiger partial charge in [-0.1, -0.05) is 42.0 Å². The Labute approximate surface area is 172 Å². The Hall–Kier alpha value is -2.91. The van der Waals surface area contributed by atoms with Gasteiger partial charge in [0.15, 0.2) is 0 Å². The molecule has 0 bridgehead atoms. The van der Waals surface area contributed by atoms with Crippen molar-refractivity contribution in [3.63, 3.8) is 0 Å². The van der Waals surface area contributed by atoms with E-state index in [2.05, 4.69) is 82.0 Å². The van der Waals surface area contributed by atoms with Crippen LogP contribution in [0.4, 0.5) is 0 Å². The van der Waals surface area contributed by atoms with Gasteiger partial charge in [0.1, 0.15) is 0 Å². The van der Waals surface area contributed by atoms with Gasteiger partial charge in [0.2, 0.25) is 0 Å². The quantitative estimate of drug-likeness (QED) is 0.476. The standard InChI is InChI=1S/C26H27N3/c1-20-9-10-26-23(16-20)24-19-28(17-22-11-13-27-14-12-22)15-5-8-25(24)29(26)18-21-6-3-2-4-7-21/h2-4,6-7,9-14,16H,5,8,15,17-19H2,1H3. The molecule has 0 aliphatic carbocycles. The van der Waals surface area contributed by atoms with E-state index in [0.29, 0.717) is 0 Å². The predicted octanol–water partition coefficient (Wildman–Crippen LogP) is 5.34. The maximum atomic E-state index is 4.16. The molecular weight excluding hydrogens is 354 g/mol. The zero-order valence-corrected chi connectivity index (χ0v) is 17.0. The van der Waals surface area contributed by atoms with Crippen molar-refractivity contribution >= 4 is 10.9 Å². The molecule has 3 heteroatoms. The molecule has 3 nitrogen and oxygen atoms in total. The van der Waals surface area contributed by atoms with Gasteiger partial charge in [0.25, 0.3) is 0 Å². The van der Waals surface area contributed by atoms with Crippen LogP contribution in [0.25, 0.3) is 10.9 Å². The van der Waals surface area contributed by atoms with Crippen LogP contribution in [0.1, 0.15) is 34.4 Å². The van der Waals surface area contributed by atoms with E-state index in [-0.39, 0.29) is 0 Å². The van der Waals surface area contributed by atoms with E-state index < -0.39 is 0 Å². The largest absolute Gasteiger partial charge is 0.340 e. The number of rotatable bonds is 4. The van der Waals surface area contributed by atoms with Crippen molar-refractivity contribution in [1.29, 1.82) is 0 Å². The summed E-state index contributed by atoms with van der Waals surface area (Å²) in [6.45, 7) is 6.28. The summed E-state index contributed by atoms with van der Waals surface area (Å²) in [5.74, 6) is 0. The van der Waals surface area contributed by atoms with Crippen LogP contribution in [-0.4, -0.2) is 21.0 Å². The van der Waals surface area contributed by atoms with Crippen LogP contribution in [-0.2, 0) is 26.1 Å². The summed E-state index contributed by atoms with van der Waals surface area (Å²) in [7, 11) is 0. The van der Waals surface area contributed by atoms with Crippen molar-refractivity contribution in [2.75, 3.05) is 6.54 Å². The maximum absolute atomic E-state index is 4.16. The first-order chi connectivity index (χ1) is 14.3. The summed E-state index contributed by atoms with van der Waals surface area (Å²) < 4.78 is 2.56. The molecule has 5 rings (SSSR count). The lowest BCUT2D eigenvalue weighted by Crippen LogP contribution is -2.22. The molecular formula is C26H27N3. The molecule has 2 aromatic carbocycles. The zero-order chi connectivity index (χ0) is 19.6. The molecule has 0 fully saturated rings. The van der Waals surface area contributed by atoms with E-state index in [0.717, 1.165) is 32.6 Å². The molecule has 0 saturated carbocycles. The highest BCUT2D eigenvalue weighted by molar-refractivity contribution is 5.86. The first-order valence-corrected chi connectivity index (χ1v) is 10.5. The van der Waals surface area contributed by atoms with Crippen LogP contribution in [0.2, 0.25) is 0 Å². The second kappa shape index (κ2) is 7.84. The molecule has 0 radical (unpaired) electrons. The maximum Gasteiger partial charge on any atom is 0.0489 e. The first kappa shape index (κ1) is 18.1. The molecule has 0 atom stereocenters. The molecule has 0 amide bonds. The number of pyridine rings is 1. The minimum atomic E-state index is 0.945. The molecule has 146 valence electrons. The highest BCUT2D eigenvalue weighted by Gasteiger charge is 2.22. The van der Waals surface area contributed by atoms with Crippen molar-refractivity contribution < 1.29 is 0 Å². The summed E-state index contributed by atoms with van der Waals surface area (Å²) >= 11 is 0. The Balaban J connectivity index is 1.55. The molecule has 1 aliphatic rings. The topological polar surface area (TPSA) is 21.1 Å². The lowest BCUT2D eigenvalue weighted by Gasteiger charge is -2.20. The summed E-state index contributed by atoms with van der Waals surface area (Å²) in [4.78, 5) is 6.76. The van der Waals surface area contributed by atoms with Crippen LogP contribution in [0.5, 0.6) is 0 Å². The molecule has 0 N–H and O–H groups in total. The lowest BCUT2D eigenvalue weighted by molar-refractivity contribution is 0.262. The predicted molar refractivity (Wildman–Crippen MR) is 119 cm³/mol. The Morgan fingerprint density at radius 3 is 2.52 bits per heavy atom. The van der Waals surface area contributed by atoms with Crippen LogP contribution in [0.15, 0.2) is 73.1 Å². The van der Waals surface area contributed by atoms with Gasteiger partial charge in [-0.05, 0) is 67.3 Å². The summed E-state index contributed by atoms with van der Waals surface area (Å²) in [6.07, 6.45) is 6.13. The minimum absolute atomic E-state index is 0.945. The van der Waals surface area contributed by atoms with Crippen LogP contribution < -0.4 is 0 Å². The van der Waals surface area contributed by atoms with Gasteiger partial charge in [-0.15, -0.1) is 0 Å². The van der Waals surface area contributed by atoms with Crippen molar-refractivity contribution in [2.24, 2.45) is 0 Å². The molecule has 1 aliphatic heterocycles. The highest BCUT2D eigenvalue weighted by atomic mass is 15.1. The van der Waals surface area contributed by atoms with Gasteiger partial charge in [-0.25, -0.2) is 0 Å². The number of fused-ring (bicyclic) bond motifs is 3. The zero-order valence-electron chi connectivity index (χ0n) is 17.0. The van der Waals surface area contributed by atoms with Crippen molar-refractivity contribution in [3.8, 4) is 0 Å². The summed E-state index contributed by atoms with van der Waals surface area (Å²) in [6, 6.07) is 22.1. The van der Waals surface area contributed by atoms with Crippen molar-refractivity contribution in [3.05, 3.63) is 101 Å². The smallest absolute Gasteiger partial charge is 0.0489 e. The second-order valence-electron chi connectivity index (χ2n) is 8.19. The Bertz CT molecular complexity index is 1110. The van der Waals surface area contributed by atoms with E-state index in [1.165, 1.54) is 45.3 Å². The molecule has 0 unspecified atom stereocenters. The van der Waals surface area contributed by atoms with Crippen LogP contribution in [0.3, 0.4) is 0 Å². The SMILES string of the molecule is Cc1ccc2c(c1)c1c(n2Cc2ccccc2)CCCN(Cc2ccncc2)C1. The van der Waals surface area contributed by atoms with E-state index in [4.69, 9.17) is 0 Å². The number of benzene rings is 2. The Morgan fingerprint density at radius 1 is 0.897 bits per heavy atom. The number of aromatic nitrogens is 2. The van der Waals surface area contributed by atoms with Gasteiger partial charge in [0, 0.05) is 48.6 Å². The van der Waals surface area contributed by atoms with Gasteiger partial charge in [0.05, 0.1) is 0 Å². The fourth-order valence-electron chi connectivity index (χ4n) is 4.65. The van der Waals surface area contributed by atoms with Crippen LogP contribution in [0, 0.1) is 6.92 Å². The van der Waals surface area contributed by atoms with E-state index >= 15 is 0 Å². The minimum Gasteiger partial charge on any atom is -0.340 e. The number of nitrogens with zero attached hydrogens (tertiary/aromatic N) is 3. The van der Waals surface area contributed by atoms with E-state index in [1.54, 1.807) is 0 Å². The van der Waals surface area contributed by atoms with Gasteiger partial charge in [-0.3, -0.25) is 9.88 Å². The third-order valence-corrected chi connectivity index (χ3v) is 6.05. The number of aryl methyl sites for hydroxylation is 1. The monoisotopic (exact) mass is 381 g/mol. The fraction of sp³-hybridized carbons (Fsp3) is 0.269. The summed E-state index contributed by atoms with van der Waals surface area (Å²) in [5, 5.41) is 1.43. The second-order valence-corrected chi connectivity index (χ2v) is 8.19. The fourth-order valence-corrected chi connectivity index (χ4v) is 4.65. The van der Waals surface area contributed by atoms with E-state index in [9.17, 15) is 0 Å². The van der Waals surface area contributed by atoms with Gasteiger partial charge < -0.3 is 4.57 Å². The molecule has 0 saturated heterocycles. The normalized spacial score (nSPS) is 14.7. The Morgan fingerprint density at radius 2 is 1.69 bits per heavy atom. The average molecular weight is 382 g/mol. The van der Waals surface area contributed by atoms with Crippen molar-refractivity contribution in [1.82, 2.24) is 14.5 Å². The highest BCUT2D eigenvalue weighted by Crippen LogP contribution is 2.32. The summed E-state index contributed by atoms with van der Waals surface area (Å²) in [5.41, 5.74) is 8.45. The van der Waals surface area contributed by atoms with Gasteiger partial charge >= 0.3 is 0 Å². The number of hydrogen-bond acceptors (Lipinski definition) is 2. The van der Waals surface area contributed by atoms with Gasteiger partial charge in [-0.2, -0.15) is 0 Å². The van der Waals surface area contributed by atoms with Crippen LogP contribution >= 0.6 is 0 Å².